The van der Waals surface area contributed by atoms with Crippen LogP contribution in [-0.2, 0) is 9.53 Å². The third kappa shape index (κ3) is 1.72. The van der Waals surface area contributed by atoms with Crippen molar-refractivity contribution in [1.82, 2.24) is 0 Å². The number of methoxy groups -OCH3 is 1. The summed E-state index contributed by atoms with van der Waals surface area (Å²) in [6, 6.07) is 0. The minimum atomic E-state index is -0.498. The third-order valence-corrected chi connectivity index (χ3v) is 1.57. The molecule has 64 valence electrons. The second kappa shape index (κ2) is 3.21. The molecule has 1 amide bonds. The Labute approximate surface area is 70.2 Å². The van der Waals surface area contributed by atoms with Gasteiger partial charge in [-0.3, -0.25) is 4.79 Å². The number of carbonyl (C=O) groups excluding carboxylic acids is 1. The normalized spacial score (nSPS) is 16.6. The van der Waals surface area contributed by atoms with Gasteiger partial charge in [0.15, 0.2) is 0 Å². The molecule has 0 radical (unpaired) electrons. The van der Waals surface area contributed by atoms with E-state index in [2.05, 4.69) is 0 Å². The highest BCUT2D eigenvalue weighted by Gasteiger charge is 2.13. The van der Waals surface area contributed by atoms with Crippen LogP contribution in [0.1, 0.15) is 6.42 Å². The quantitative estimate of drug-likeness (QED) is 0.621. The van der Waals surface area contributed by atoms with Crippen molar-refractivity contribution < 1.29 is 9.53 Å². The van der Waals surface area contributed by atoms with Gasteiger partial charge in [0.05, 0.1) is 7.11 Å². The minimum Gasteiger partial charge on any atom is -0.497 e. The Kier molecular flexibility index (Phi) is 2.28. The van der Waals surface area contributed by atoms with Gasteiger partial charge >= 0.3 is 0 Å². The molecule has 0 aromatic carbocycles. The van der Waals surface area contributed by atoms with Gasteiger partial charge in [0, 0.05) is 23.8 Å². The predicted octanol–water partition coefficient (Wildman–Crippen LogP) is 0.352. The maximum atomic E-state index is 10.7. The fraction of sp³-hybridized carbons (Fsp3) is 0.250. The lowest BCUT2D eigenvalue weighted by atomic mass is 10.0. The summed E-state index contributed by atoms with van der Waals surface area (Å²) in [4.78, 5) is 10.7. The van der Waals surface area contributed by atoms with Crippen molar-refractivity contribution in [1.29, 1.82) is 5.41 Å². The minimum absolute atomic E-state index is 0.294. The number of ether oxygens (including phenoxy) is 1. The molecule has 12 heavy (non-hydrogen) atoms. The summed E-state index contributed by atoms with van der Waals surface area (Å²) in [6.07, 6.45) is 3.41. The van der Waals surface area contributed by atoms with Gasteiger partial charge in [-0.1, -0.05) is 0 Å². The Hall–Kier alpha value is -1.58. The number of allylic oxidation sites excluding steroid dienone is 2. The Balaban J connectivity index is 2.92. The van der Waals surface area contributed by atoms with Crippen LogP contribution in [0.15, 0.2) is 23.5 Å². The van der Waals surface area contributed by atoms with Crippen LogP contribution in [-0.4, -0.2) is 18.7 Å². The first kappa shape index (κ1) is 8.52. The predicted molar refractivity (Wildman–Crippen MR) is 44.7 cm³/mol. The average molecular weight is 166 g/mol. The summed E-state index contributed by atoms with van der Waals surface area (Å²) in [6.45, 7) is 0. The van der Waals surface area contributed by atoms with E-state index in [4.69, 9.17) is 15.9 Å². The maximum absolute atomic E-state index is 10.7. The summed E-state index contributed by atoms with van der Waals surface area (Å²) in [5, 5.41) is 7.34. The molecule has 0 unspecified atom stereocenters. The molecule has 0 heterocycles. The van der Waals surface area contributed by atoms with Gasteiger partial charge in [0.2, 0.25) is 5.91 Å². The molecule has 0 fully saturated rings. The smallest absolute Gasteiger partial charge is 0.245 e. The van der Waals surface area contributed by atoms with E-state index in [1.54, 1.807) is 12.2 Å². The summed E-state index contributed by atoms with van der Waals surface area (Å²) >= 11 is 0. The van der Waals surface area contributed by atoms with E-state index in [1.165, 1.54) is 7.11 Å². The number of hydrogen-bond donors (Lipinski definition) is 2. The lowest BCUT2D eigenvalue weighted by molar-refractivity contribution is -0.114. The first-order chi connectivity index (χ1) is 5.63. The third-order valence-electron chi connectivity index (χ3n) is 1.57. The van der Waals surface area contributed by atoms with Gasteiger partial charge in [-0.05, 0) is 6.08 Å². The van der Waals surface area contributed by atoms with E-state index in [0.717, 1.165) is 0 Å². The molecule has 0 aromatic heterocycles. The molecule has 0 saturated carbocycles. The largest absolute Gasteiger partial charge is 0.497 e. The monoisotopic (exact) mass is 166 g/mol. The zero-order chi connectivity index (χ0) is 9.14. The number of amides is 1. The van der Waals surface area contributed by atoms with Gasteiger partial charge < -0.3 is 15.9 Å². The van der Waals surface area contributed by atoms with Crippen LogP contribution in [0.3, 0.4) is 0 Å². The van der Waals surface area contributed by atoms with Gasteiger partial charge in [0.25, 0.3) is 0 Å². The molecule has 1 aliphatic rings. The second-order valence-corrected chi connectivity index (χ2v) is 2.49. The SMILES string of the molecule is COC1=CC(=N)CC(C(N)=O)=C1. The highest BCUT2D eigenvalue weighted by molar-refractivity contribution is 6.05. The standard InChI is InChI=1S/C8H10N2O2/c1-12-7-3-5(8(10)11)2-6(9)4-7/h3-4,9H,2H2,1H3,(H2,10,11). The Morgan fingerprint density at radius 3 is 2.83 bits per heavy atom. The molecule has 1 aliphatic carbocycles. The molecule has 3 N–H and O–H groups in total. The van der Waals surface area contributed by atoms with Gasteiger partial charge in [-0.25, -0.2) is 0 Å². The number of nitrogens with two attached hydrogens (primary N) is 1. The number of hydrogen-bond acceptors (Lipinski definition) is 3. The molecular weight excluding hydrogens is 156 g/mol. The van der Waals surface area contributed by atoms with Crippen LogP contribution in [0.5, 0.6) is 0 Å². The zero-order valence-electron chi connectivity index (χ0n) is 6.76. The maximum Gasteiger partial charge on any atom is 0.245 e. The number of carbonyl (C=O) groups is 1. The van der Waals surface area contributed by atoms with Crippen LogP contribution in [0.25, 0.3) is 0 Å². The van der Waals surface area contributed by atoms with Crippen LogP contribution >= 0.6 is 0 Å². The molecule has 0 spiro atoms. The van der Waals surface area contributed by atoms with Gasteiger partial charge in [-0.15, -0.1) is 0 Å². The van der Waals surface area contributed by atoms with Crippen molar-refractivity contribution >= 4 is 11.6 Å². The number of rotatable bonds is 2. The molecule has 1 rings (SSSR count). The first-order valence-corrected chi connectivity index (χ1v) is 3.47. The van der Waals surface area contributed by atoms with E-state index >= 15 is 0 Å². The molecule has 0 saturated heterocycles. The van der Waals surface area contributed by atoms with E-state index in [-0.39, 0.29) is 0 Å². The Bertz CT molecular complexity index is 289. The van der Waals surface area contributed by atoms with Crippen LogP contribution in [0.4, 0.5) is 0 Å². The fourth-order valence-corrected chi connectivity index (χ4v) is 0.968. The van der Waals surface area contributed by atoms with E-state index in [1.807, 2.05) is 0 Å². The molecule has 0 aromatic rings. The van der Waals surface area contributed by atoms with Crippen molar-refractivity contribution in [3.63, 3.8) is 0 Å². The van der Waals surface area contributed by atoms with Gasteiger partial charge in [0.1, 0.15) is 5.76 Å². The van der Waals surface area contributed by atoms with Crippen LogP contribution in [0.2, 0.25) is 0 Å². The Morgan fingerprint density at radius 2 is 2.33 bits per heavy atom. The zero-order valence-corrected chi connectivity index (χ0v) is 6.76. The van der Waals surface area contributed by atoms with Crippen LogP contribution < -0.4 is 5.73 Å². The van der Waals surface area contributed by atoms with E-state index in [9.17, 15) is 4.79 Å². The molecule has 0 bridgehead atoms. The average Bonchev–Trinajstić information content (AvgIpc) is 2.03. The Morgan fingerprint density at radius 1 is 1.67 bits per heavy atom. The van der Waals surface area contributed by atoms with Crippen molar-refractivity contribution in [3.05, 3.63) is 23.5 Å². The lowest BCUT2D eigenvalue weighted by Gasteiger charge is -2.10. The molecule has 0 aliphatic heterocycles. The summed E-state index contributed by atoms with van der Waals surface area (Å²) < 4.78 is 4.88. The van der Waals surface area contributed by atoms with Crippen molar-refractivity contribution in [2.24, 2.45) is 5.73 Å². The van der Waals surface area contributed by atoms with Gasteiger partial charge in [-0.2, -0.15) is 0 Å². The summed E-state index contributed by atoms with van der Waals surface area (Å²) in [5.74, 6) is 0.00227. The summed E-state index contributed by atoms with van der Waals surface area (Å²) in [7, 11) is 1.49. The molecular formula is C8H10N2O2. The first-order valence-electron chi connectivity index (χ1n) is 3.47. The highest BCUT2D eigenvalue weighted by atomic mass is 16.5. The van der Waals surface area contributed by atoms with Crippen molar-refractivity contribution in [3.8, 4) is 0 Å². The number of primary amides is 1. The molecule has 0 atom stereocenters. The fourth-order valence-electron chi connectivity index (χ4n) is 0.968. The molecule has 4 heteroatoms. The van der Waals surface area contributed by atoms with Crippen molar-refractivity contribution in [2.45, 2.75) is 6.42 Å². The lowest BCUT2D eigenvalue weighted by Crippen LogP contribution is -2.18. The summed E-state index contributed by atoms with van der Waals surface area (Å²) in [5.41, 5.74) is 5.81. The van der Waals surface area contributed by atoms with Crippen LogP contribution in [0, 0.1) is 5.41 Å². The topological polar surface area (TPSA) is 76.2 Å². The second-order valence-electron chi connectivity index (χ2n) is 2.49. The highest BCUT2D eigenvalue weighted by Crippen LogP contribution is 2.14. The van der Waals surface area contributed by atoms with E-state index in [0.29, 0.717) is 23.5 Å². The molecule has 4 nitrogen and oxygen atoms in total. The van der Waals surface area contributed by atoms with E-state index < -0.39 is 5.91 Å². The van der Waals surface area contributed by atoms with Crippen molar-refractivity contribution in [2.75, 3.05) is 7.11 Å². The number of nitrogens with one attached hydrogen (secondary N) is 1.